The third-order valence-electron chi connectivity index (χ3n) is 4.73. The summed E-state index contributed by atoms with van der Waals surface area (Å²) >= 11 is 0. The van der Waals surface area contributed by atoms with Crippen LogP contribution < -0.4 is 15.0 Å². The molecule has 0 N–H and O–H groups in total. The fraction of sp³-hybridized carbons (Fsp3) is 0.0833. The number of aromatic nitrogens is 1. The maximum absolute atomic E-state index is 13.0. The van der Waals surface area contributed by atoms with Gasteiger partial charge in [0.2, 0.25) is 0 Å². The molecule has 0 amide bonds. The lowest BCUT2D eigenvalue weighted by atomic mass is 10.1. The zero-order chi connectivity index (χ0) is 20.4. The number of pyridine rings is 1. The van der Waals surface area contributed by atoms with E-state index >= 15 is 0 Å². The SMILES string of the molecule is COc1ccc(OC(=O)c2cn(-c3ccc(C)cc3)c(=O)c3ccccc23)cc1. The van der Waals surface area contributed by atoms with E-state index in [2.05, 4.69) is 0 Å². The van der Waals surface area contributed by atoms with Gasteiger partial charge in [-0.15, -0.1) is 0 Å². The van der Waals surface area contributed by atoms with Crippen molar-refractivity contribution in [3.63, 3.8) is 0 Å². The molecule has 0 aliphatic heterocycles. The molecule has 1 aromatic heterocycles. The Kier molecular flexibility index (Phi) is 4.87. The molecule has 0 aliphatic carbocycles. The predicted molar refractivity (Wildman–Crippen MR) is 112 cm³/mol. The third kappa shape index (κ3) is 3.62. The average molecular weight is 385 g/mol. The minimum absolute atomic E-state index is 0.189. The standard InChI is InChI=1S/C24H19NO4/c1-16-7-9-17(10-8-16)25-15-22(20-5-3-4-6-21(20)23(25)26)24(27)29-19-13-11-18(28-2)12-14-19/h3-15H,1-2H3. The second kappa shape index (κ2) is 7.64. The van der Waals surface area contributed by atoms with Gasteiger partial charge >= 0.3 is 5.97 Å². The van der Waals surface area contributed by atoms with E-state index in [4.69, 9.17) is 9.47 Å². The zero-order valence-corrected chi connectivity index (χ0v) is 16.1. The molecule has 0 saturated heterocycles. The summed E-state index contributed by atoms with van der Waals surface area (Å²) in [4.78, 5) is 26.0. The lowest BCUT2D eigenvalue weighted by Crippen LogP contribution is -2.22. The monoisotopic (exact) mass is 385 g/mol. The summed E-state index contributed by atoms with van der Waals surface area (Å²) in [6.45, 7) is 1.98. The first-order valence-electron chi connectivity index (χ1n) is 9.14. The lowest BCUT2D eigenvalue weighted by Gasteiger charge is -2.12. The van der Waals surface area contributed by atoms with E-state index < -0.39 is 5.97 Å². The molecule has 0 atom stereocenters. The van der Waals surface area contributed by atoms with Crippen LogP contribution in [0.5, 0.6) is 11.5 Å². The van der Waals surface area contributed by atoms with Crippen molar-refractivity contribution in [1.82, 2.24) is 4.57 Å². The van der Waals surface area contributed by atoms with Crippen molar-refractivity contribution in [2.45, 2.75) is 6.92 Å². The first kappa shape index (κ1) is 18.5. The maximum atomic E-state index is 13.0. The van der Waals surface area contributed by atoms with Gasteiger partial charge in [-0.3, -0.25) is 9.36 Å². The van der Waals surface area contributed by atoms with Gasteiger partial charge < -0.3 is 9.47 Å². The van der Waals surface area contributed by atoms with Crippen LogP contribution in [0.4, 0.5) is 0 Å². The van der Waals surface area contributed by atoms with E-state index in [0.29, 0.717) is 33.5 Å². The van der Waals surface area contributed by atoms with Gasteiger partial charge in [0.05, 0.1) is 12.7 Å². The van der Waals surface area contributed by atoms with Gasteiger partial charge in [0.1, 0.15) is 11.5 Å². The number of aryl methyl sites for hydroxylation is 1. The van der Waals surface area contributed by atoms with Gasteiger partial charge in [-0.2, -0.15) is 0 Å². The summed E-state index contributed by atoms with van der Waals surface area (Å²) in [5.74, 6) is 0.531. The summed E-state index contributed by atoms with van der Waals surface area (Å²) in [5.41, 5.74) is 1.90. The van der Waals surface area contributed by atoms with E-state index in [0.717, 1.165) is 5.56 Å². The number of carbonyl (C=O) groups is 1. The number of hydrogen-bond acceptors (Lipinski definition) is 4. The van der Waals surface area contributed by atoms with Crippen molar-refractivity contribution >= 4 is 16.7 Å². The fourth-order valence-electron chi connectivity index (χ4n) is 3.16. The molecule has 5 heteroatoms. The summed E-state index contributed by atoms with van der Waals surface area (Å²) in [5, 5.41) is 1.01. The number of rotatable bonds is 4. The fourth-order valence-corrected chi connectivity index (χ4v) is 3.16. The summed E-state index contributed by atoms with van der Waals surface area (Å²) in [7, 11) is 1.57. The van der Waals surface area contributed by atoms with Crippen LogP contribution in [0.1, 0.15) is 15.9 Å². The van der Waals surface area contributed by atoms with E-state index in [9.17, 15) is 9.59 Å². The van der Waals surface area contributed by atoms with Gasteiger partial charge in [0.25, 0.3) is 5.56 Å². The Hall–Kier alpha value is -3.86. The predicted octanol–water partition coefficient (Wildman–Crippen LogP) is 4.53. The number of fused-ring (bicyclic) bond motifs is 1. The van der Waals surface area contributed by atoms with E-state index in [1.54, 1.807) is 61.8 Å². The molecule has 0 bridgehead atoms. The molecule has 0 aliphatic rings. The van der Waals surface area contributed by atoms with E-state index in [-0.39, 0.29) is 5.56 Å². The van der Waals surface area contributed by atoms with Crippen molar-refractivity contribution < 1.29 is 14.3 Å². The second-order valence-corrected chi connectivity index (χ2v) is 6.66. The summed E-state index contributed by atoms with van der Waals surface area (Å²) in [6, 6.07) is 21.3. The molecular weight excluding hydrogens is 366 g/mol. The Morgan fingerprint density at radius 2 is 1.45 bits per heavy atom. The molecular formula is C24H19NO4. The Bertz CT molecular complexity index is 1240. The van der Waals surface area contributed by atoms with Crippen LogP contribution in [0.2, 0.25) is 0 Å². The van der Waals surface area contributed by atoms with Crippen molar-refractivity contribution in [2.75, 3.05) is 7.11 Å². The van der Waals surface area contributed by atoms with Crippen LogP contribution in [0.15, 0.2) is 83.8 Å². The van der Waals surface area contributed by atoms with Crippen LogP contribution in [0, 0.1) is 6.92 Å². The number of hydrogen-bond donors (Lipinski definition) is 0. The number of esters is 1. The van der Waals surface area contributed by atoms with Crippen molar-refractivity contribution in [1.29, 1.82) is 0 Å². The number of carbonyl (C=O) groups excluding carboxylic acids is 1. The zero-order valence-electron chi connectivity index (χ0n) is 16.1. The van der Waals surface area contributed by atoms with Crippen molar-refractivity contribution in [2.24, 2.45) is 0 Å². The number of benzene rings is 3. The second-order valence-electron chi connectivity index (χ2n) is 6.66. The molecule has 0 fully saturated rings. The van der Waals surface area contributed by atoms with Gasteiger partial charge in [-0.25, -0.2) is 4.79 Å². The van der Waals surface area contributed by atoms with Crippen LogP contribution >= 0.6 is 0 Å². The van der Waals surface area contributed by atoms with E-state index in [1.807, 2.05) is 31.2 Å². The van der Waals surface area contributed by atoms with Crippen LogP contribution in [0.25, 0.3) is 16.5 Å². The first-order valence-corrected chi connectivity index (χ1v) is 9.14. The number of ether oxygens (including phenoxy) is 2. The normalized spacial score (nSPS) is 10.7. The highest BCUT2D eigenvalue weighted by Crippen LogP contribution is 2.22. The van der Waals surface area contributed by atoms with Crippen molar-refractivity contribution in [3.05, 3.63) is 100 Å². The summed E-state index contributed by atoms with van der Waals surface area (Å²) < 4.78 is 12.2. The van der Waals surface area contributed by atoms with Crippen molar-refractivity contribution in [3.8, 4) is 17.2 Å². The Balaban J connectivity index is 1.82. The van der Waals surface area contributed by atoms with Gasteiger partial charge in [0, 0.05) is 22.7 Å². The topological polar surface area (TPSA) is 57.5 Å². The number of methoxy groups -OCH3 is 1. The molecule has 4 rings (SSSR count). The number of nitrogens with zero attached hydrogens (tertiary/aromatic N) is 1. The highest BCUT2D eigenvalue weighted by Gasteiger charge is 2.17. The molecule has 0 spiro atoms. The Morgan fingerprint density at radius 3 is 2.10 bits per heavy atom. The molecule has 3 aromatic carbocycles. The molecule has 29 heavy (non-hydrogen) atoms. The third-order valence-corrected chi connectivity index (χ3v) is 4.73. The highest BCUT2D eigenvalue weighted by molar-refractivity contribution is 6.04. The Labute approximate surface area is 167 Å². The van der Waals surface area contributed by atoms with Gasteiger partial charge in [-0.05, 0) is 49.4 Å². The quantitative estimate of drug-likeness (QED) is 0.383. The van der Waals surface area contributed by atoms with Gasteiger partial charge in [-0.1, -0.05) is 35.9 Å². The molecule has 144 valence electrons. The molecule has 4 aromatic rings. The Morgan fingerprint density at radius 1 is 0.828 bits per heavy atom. The molecule has 0 radical (unpaired) electrons. The smallest absolute Gasteiger partial charge is 0.345 e. The molecule has 5 nitrogen and oxygen atoms in total. The lowest BCUT2D eigenvalue weighted by molar-refractivity contribution is 0.0736. The van der Waals surface area contributed by atoms with Crippen LogP contribution in [-0.2, 0) is 0 Å². The maximum Gasteiger partial charge on any atom is 0.345 e. The van der Waals surface area contributed by atoms with E-state index in [1.165, 1.54) is 4.57 Å². The summed E-state index contributed by atoms with van der Waals surface area (Å²) in [6.07, 6.45) is 1.54. The minimum atomic E-state index is -0.535. The van der Waals surface area contributed by atoms with Crippen LogP contribution in [-0.4, -0.2) is 17.6 Å². The minimum Gasteiger partial charge on any atom is -0.497 e. The molecule has 0 unspecified atom stereocenters. The molecule has 0 saturated carbocycles. The van der Waals surface area contributed by atoms with Gasteiger partial charge in [0.15, 0.2) is 0 Å². The first-order chi connectivity index (χ1) is 14.1. The molecule has 1 heterocycles. The highest BCUT2D eigenvalue weighted by atomic mass is 16.5. The average Bonchev–Trinajstić information content (AvgIpc) is 2.75. The largest absolute Gasteiger partial charge is 0.497 e. The van der Waals surface area contributed by atoms with Crippen LogP contribution in [0.3, 0.4) is 0 Å².